The highest BCUT2D eigenvalue weighted by atomic mass is 16.5. The van der Waals surface area contributed by atoms with Crippen LogP contribution in [0.1, 0.15) is 23.8 Å². The predicted molar refractivity (Wildman–Crippen MR) is 119 cm³/mol. The molecule has 6 nitrogen and oxygen atoms in total. The van der Waals surface area contributed by atoms with Gasteiger partial charge in [0.2, 0.25) is 0 Å². The number of ether oxygens (including phenoxy) is 1. The normalized spacial score (nSPS) is 14.1. The molecule has 0 atom stereocenters. The van der Waals surface area contributed by atoms with Gasteiger partial charge in [-0.2, -0.15) is 0 Å². The van der Waals surface area contributed by atoms with Gasteiger partial charge in [-0.3, -0.25) is 9.78 Å². The van der Waals surface area contributed by atoms with Crippen LogP contribution in [0.4, 0.5) is 5.69 Å². The molecule has 0 aliphatic carbocycles. The molecule has 0 N–H and O–H groups in total. The number of piperazine rings is 1. The van der Waals surface area contributed by atoms with E-state index in [4.69, 9.17) is 4.74 Å². The lowest BCUT2D eigenvalue weighted by molar-refractivity contribution is 0.0735. The Balaban J connectivity index is 1.51. The minimum Gasteiger partial charge on any atom is -0.495 e. The van der Waals surface area contributed by atoms with Crippen molar-refractivity contribution in [2.45, 2.75) is 19.9 Å². The minimum absolute atomic E-state index is 0.100. The Morgan fingerprint density at radius 2 is 1.77 bits per heavy atom. The molecule has 0 spiro atoms. The van der Waals surface area contributed by atoms with Crippen molar-refractivity contribution in [2.75, 3.05) is 38.2 Å². The summed E-state index contributed by atoms with van der Waals surface area (Å²) in [6.07, 6.45) is 6.62. The number of nitrogens with zero attached hydrogens (tertiary/aromatic N) is 4. The smallest absolute Gasteiger partial charge is 0.270 e. The van der Waals surface area contributed by atoms with Crippen LogP contribution in [0, 0.1) is 0 Å². The van der Waals surface area contributed by atoms with E-state index >= 15 is 0 Å². The fourth-order valence-electron chi connectivity index (χ4n) is 4.02. The van der Waals surface area contributed by atoms with Crippen LogP contribution in [0.2, 0.25) is 0 Å². The van der Waals surface area contributed by atoms with Gasteiger partial charge in [0.05, 0.1) is 12.8 Å². The Kier molecular flexibility index (Phi) is 6.02. The summed E-state index contributed by atoms with van der Waals surface area (Å²) in [7, 11) is 1.70. The van der Waals surface area contributed by atoms with E-state index in [1.54, 1.807) is 19.5 Å². The van der Waals surface area contributed by atoms with Crippen molar-refractivity contribution in [1.29, 1.82) is 0 Å². The summed E-state index contributed by atoms with van der Waals surface area (Å²) in [4.78, 5) is 21.7. The second-order valence-electron chi connectivity index (χ2n) is 7.49. The second-order valence-corrected chi connectivity index (χ2v) is 7.49. The van der Waals surface area contributed by atoms with Gasteiger partial charge in [-0.1, -0.05) is 19.1 Å². The summed E-state index contributed by atoms with van der Waals surface area (Å²) in [5.74, 6) is 0.972. The first kappa shape index (κ1) is 20.0. The molecule has 1 aromatic carbocycles. The van der Waals surface area contributed by atoms with Gasteiger partial charge in [0.1, 0.15) is 11.4 Å². The molecule has 156 valence electrons. The van der Waals surface area contributed by atoms with E-state index in [0.717, 1.165) is 54.3 Å². The van der Waals surface area contributed by atoms with Crippen molar-refractivity contribution in [2.24, 2.45) is 0 Å². The maximum absolute atomic E-state index is 13.4. The van der Waals surface area contributed by atoms with Gasteiger partial charge in [-0.05, 0) is 42.3 Å². The van der Waals surface area contributed by atoms with Gasteiger partial charge in [-0.25, -0.2) is 0 Å². The van der Waals surface area contributed by atoms with Crippen molar-refractivity contribution in [3.05, 3.63) is 66.7 Å². The number of carbonyl (C=O) groups is 1. The highest BCUT2D eigenvalue weighted by Crippen LogP contribution is 2.29. The maximum Gasteiger partial charge on any atom is 0.270 e. The monoisotopic (exact) mass is 404 g/mol. The number of methoxy groups -OCH3 is 1. The molecule has 4 rings (SSSR count). The molecule has 30 heavy (non-hydrogen) atoms. The Hall–Kier alpha value is -3.28. The first-order chi connectivity index (χ1) is 14.7. The Labute approximate surface area is 177 Å². The third-order valence-corrected chi connectivity index (χ3v) is 5.59. The first-order valence-corrected chi connectivity index (χ1v) is 10.5. The Morgan fingerprint density at radius 3 is 2.47 bits per heavy atom. The number of hydrogen-bond donors (Lipinski definition) is 0. The molecule has 0 saturated carbocycles. The SMILES string of the molecule is CCCn1cc(-c2ccncc2)cc1C(=O)N1CCN(c2ccccc2OC)CC1. The van der Waals surface area contributed by atoms with E-state index in [1.165, 1.54) is 0 Å². The molecule has 6 heteroatoms. The average molecular weight is 405 g/mol. The van der Waals surface area contributed by atoms with Gasteiger partial charge in [0.25, 0.3) is 5.91 Å². The summed E-state index contributed by atoms with van der Waals surface area (Å²) < 4.78 is 7.59. The van der Waals surface area contributed by atoms with Crippen LogP contribution in [0.3, 0.4) is 0 Å². The molecular weight excluding hydrogens is 376 g/mol. The van der Waals surface area contributed by atoms with Gasteiger partial charge in [0.15, 0.2) is 0 Å². The van der Waals surface area contributed by atoms with E-state index in [1.807, 2.05) is 41.3 Å². The van der Waals surface area contributed by atoms with Crippen LogP contribution in [0.25, 0.3) is 11.1 Å². The van der Waals surface area contributed by atoms with Crippen LogP contribution < -0.4 is 9.64 Å². The second kappa shape index (κ2) is 9.03. The fraction of sp³-hybridized carbons (Fsp3) is 0.333. The quantitative estimate of drug-likeness (QED) is 0.625. The fourth-order valence-corrected chi connectivity index (χ4v) is 4.02. The van der Waals surface area contributed by atoms with Gasteiger partial charge in [0, 0.05) is 56.9 Å². The zero-order valence-corrected chi connectivity index (χ0v) is 17.6. The lowest BCUT2D eigenvalue weighted by Gasteiger charge is -2.36. The zero-order valence-electron chi connectivity index (χ0n) is 17.6. The number of rotatable bonds is 6. The molecule has 3 heterocycles. The van der Waals surface area contributed by atoms with Crippen molar-refractivity contribution >= 4 is 11.6 Å². The summed E-state index contributed by atoms with van der Waals surface area (Å²) in [5.41, 5.74) is 3.98. The van der Waals surface area contributed by atoms with Crippen LogP contribution in [-0.2, 0) is 6.54 Å². The van der Waals surface area contributed by atoms with Crippen LogP contribution in [0.5, 0.6) is 5.75 Å². The van der Waals surface area contributed by atoms with Gasteiger partial charge < -0.3 is 19.1 Å². The van der Waals surface area contributed by atoms with Gasteiger partial charge >= 0.3 is 0 Å². The molecular formula is C24H28N4O2. The molecule has 1 aliphatic rings. The number of anilines is 1. The number of pyridine rings is 1. The lowest BCUT2D eigenvalue weighted by atomic mass is 10.1. The molecule has 0 unspecified atom stereocenters. The number of benzene rings is 1. The van der Waals surface area contributed by atoms with Crippen molar-refractivity contribution in [1.82, 2.24) is 14.5 Å². The molecule has 2 aromatic heterocycles. The highest BCUT2D eigenvalue weighted by Gasteiger charge is 2.26. The van der Waals surface area contributed by atoms with Crippen LogP contribution in [0.15, 0.2) is 61.1 Å². The molecule has 1 amide bonds. The number of hydrogen-bond acceptors (Lipinski definition) is 4. The Morgan fingerprint density at radius 1 is 1.03 bits per heavy atom. The van der Waals surface area contributed by atoms with E-state index in [0.29, 0.717) is 13.1 Å². The number of aromatic nitrogens is 2. The summed E-state index contributed by atoms with van der Waals surface area (Å²) in [5, 5.41) is 0. The number of para-hydroxylation sites is 2. The third-order valence-electron chi connectivity index (χ3n) is 5.59. The van der Waals surface area contributed by atoms with Crippen molar-refractivity contribution < 1.29 is 9.53 Å². The van der Waals surface area contributed by atoms with E-state index in [-0.39, 0.29) is 5.91 Å². The topological polar surface area (TPSA) is 50.6 Å². The third kappa shape index (κ3) is 4.03. The predicted octanol–water partition coefficient (Wildman–Crippen LogP) is 3.93. The van der Waals surface area contributed by atoms with Crippen LogP contribution in [-0.4, -0.2) is 53.6 Å². The van der Waals surface area contributed by atoms with E-state index in [9.17, 15) is 4.79 Å². The van der Waals surface area contributed by atoms with Crippen molar-refractivity contribution in [3.8, 4) is 16.9 Å². The summed E-state index contributed by atoms with van der Waals surface area (Å²) >= 11 is 0. The maximum atomic E-state index is 13.4. The average Bonchev–Trinajstić information content (AvgIpc) is 3.23. The molecule has 0 radical (unpaired) electrons. The molecule has 3 aromatic rings. The lowest BCUT2D eigenvalue weighted by Crippen LogP contribution is -2.49. The number of amides is 1. The molecule has 1 saturated heterocycles. The Bertz CT molecular complexity index is 991. The minimum atomic E-state index is 0.100. The summed E-state index contributed by atoms with van der Waals surface area (Å²) in [6.45, 7) is 5.92. The standard InChI is InChI=1S/C24H28N4O2/c1-3-12-28-18-20(19-8-10-25-11-9-19)17-22(28)24(29)27-15-13-26(14-16-27)21-6-4-5-7-23(21)30-2/h4-11,17-18H,3,12-16H2,1-2H3. The zero-order chi connectivity index (χ0) is 20.9. The van der Waals surface area contributed by atoms with E-state index < -0.39 is 0 Å². The highest BCUT2D eigenvalue weighted by molar-refractivity contribution is 5.94. The number of aryl methyl sites for hydroxylation is 1. The van der Waals surface area contributed by atoms with Crippen LogP contribution >= 0.6 is 0 Å². The largest absolute Gasteiger partial charge is 0.495 e. The first-order valence-electron chi connectivity index (χ1n) is 10.5. The molecule has 1 aliphatic heterocycles. The van der Waals surface area contributed by atoms with Gasteiger partial charge in [-0.15, -0.1) is 0 Å². The molecule has 0 bridgehead atoms. The molecule has 1 fully saturated rings. The van der Waals surface area contributed by atoms with E-state index in [2.05, 4.69) is 33.6 Å². The van der Waals surface area contributed by atoms with Crippen molar-refractivity contribution in [3.63, 3.8) is 0 Å². The number of carbonyl (C=O) groups excluding carboxylic acids is 1. The summed E-state index contributed by atoms with van der Waals surface area (Å²) in [6, 6.07) is 14.0.